The summed E-state index contributed by atoms with van der Waals surface area (Å²) in [5.74, 6) is -0.304. The molecular weight excluding hydrogens is 436 g/mol. The number of carbonyl (C=O) groups is 1. The molecule has 1 aromatic heterocycles. The zero-order valence-corrected chi connectivity index (χ0v) is 17.3. The quantitative estimate of drug-likeness (QED) is 0.641. The number of alkyl halides is 1. The number of hydrogen-bond acceptors (Lipinski definition) is 7. The number of methoxy groups -OCH3 is 1. The number of hydrogen-bond donors (Lipinski definition) is 3. The number of benzene rings is 1. The van der Waals surface area contributed by atoms with Crippen molar-refractivity contribution in [1.29, 1.82) is 0 Å². The van der Waals surface area contributed by atoms with Gasteiger partial charge in [0.2, 0.25) is 0 Å². The molecule has 3 atom stereocenters. The van der Waals surface area contributed by atoms with E-state index in [2.05, 4.69) is 20.8 Å². The highest BCUT2D eigenvalue weighted by atomic mass is 35.5. The second-order valence-electron chi connectivity index (χ2n) is 7.03. The maximum atomic E-state index is 14.4. The fraction of sp³-hybridized carbons (Fsp3) is 0.316. The SMILES string of the molecule is COc1cnc(C(=O)Nc2ccc(Cl)c([C@@]3(CF)N=C(N)ON[C@@H]4C[C@@H]43)c2)c(Cl)c1. The Morgan fingerprint density at radius 1 is 1.43 bits per heavy atom. The summed E-state index contributed by atoms with van der Waals surface area (Å²) in [5.41, 5.74) is 7.99. The van der Waals surface area contributed by atoms with E-state index in [4.69, 9.17) is 38.5 Å². The first-order valence-corrected chi connectivity index (χ1v) is 9.78. The smallest absolute Gasteiger partial charge is 0.303 e. The third-order valence-corrected chi connectivity index (χ3v) is 5.81. The molecule has 1 saturated carbocycles. The van der Waals surface area contributed by atoms with Crippen LogP contribution >= 0.6 is 23.2 Å². The molecule has 30 heavy (non-hydrogen) atoms. The predicted octanol–water partition coefficient (Wildman–Crippen LogP) is 3.05. The van der Waals surface area contributed by atoms with Crippen molar-refractivity contribution in [3.05, 3.63) is 51.8 Å². The lowest BCUT2D eigenvalue weighted by Crippen LogP contribution is -2.33. The maximum absolute atomic E-state index is 14.4. The van der Waals surface area contributed by atoms with Crippen molar-refractivity contribution in [1.82, 2.24) is 10.5 Å². The third kappa shape index (κ3) is 3.64. The van der Waals surface area contributed by atoms with Crippen molar-refractivity contribution in [2.24, 2.45) is 16.6 Å². The number of halogens is 3. The number of aromatic nitrogens is 1. The molecule has 0 radical (unpaired) electrons. The van der Waals surface area contributed by atoms with Gasteiger partial charge >= 0.3 is 6.02 Å². The average Bonchev–Trinajstić information content (AvgIpc) is 3.52. The van der Waals surface area contributed by atoms with Gasteiger partial charge in [0.05, 0.1) is 18.3 Å². The van der Waals surface area contributed by atoms with Crippen LogP contribution in [0.1, 0.15) is 22.5 Å². The van der Waals surface area contributed by atoms with Crippen LogP contribution in [0.4, 0.5) is 10.1 Å². The topological polar surface area (TPSA) is 111 Å². The highest BCUT2D eigenvalue weighted by Crippen LogP contribution is 2.52. The Morgan fingerprint density at radius 2 is 2.23 bits per heavy atom. The number of fused-ring (bicyclic) bond motifs is 1. The molecule has 2 aliphatic rings. The number of aliphatic imine (C=N–C) groups is 1. The van der Waals surface area contributed by atoms with Gasteiger partial charge in [-0.2, -0.15) is 0 Å². The molecule has 158 valence electrons. The Bertz CT molecular complexity index is 1040. The van der Waals surface area contributed by atoms with Gasteiger partial charge in [-0.15, -0.1) is 5.48 Å². The van der Waals surface area contributed by atoms with E-state index in [0.717, 1.165) is 0 Å². The highest BCUT2D eigenvalue weighted by molar-refractivity contribution is 6.34. The van der Waals surface area contributed by atoms with E-state index >= 15 is 0 Å². The van der Waals surface area contributed by atoms with E-state index in [1.807, 2.05) is 0 Å². The zero-order valence-electron chi connectivity index (χ0n) is 15.8. The molecule has 0 bridgehead atoms. The molecule has 0 unspecified atom stereocenters. The normalized spacial score (nSPS) is 24.7. The van der Waals surface area contributed by atoms with Gasteiger partial charge in [-0.3, -0.25) is 4.79 Å². The minimum absolute atomic E-state index is 0.0192. The van der Waals surface area contributed by atoms with E-state index in [1.54, 1.807) is 18.2 Å². The molecule has 8 nitrogen and oxygen atoms in total. The lowest BCUT2D eigenvalue weighted by molar-refractivity contribution is 0.102. The molecule has 1 aliphatic carbocycles. The minimum atomic E-state index is -1.31. The third-order valence-electron chi connectivity index (χ3n) is 5.19. The van der Waals surface area contributed by atoms with Crippen LogP contribution in [-0.4, -0.2) is 36.7 Å². The van der Waals surface area contributed by atoms with Gasteiger partial charge in [-0.05, 0) is 24.6 Å². The van der Waals surface area contributed by atoms with Gasteiger partial charge in [-0.1, -0.05) is 23.2 Å². The number of nitrogens with two attached hydrogens (primary N) is 1. The molecule has 1 amide bonds. The first-order chi connectivity index (χ1) is 14.4. The number of nitrogens with zero attached hydrogens (tertiary/aromatic N) is 2. The Labute approximate surface area is 181 Å². The molecule has 2 aromatic rings. The second-order valence-corrected chi connectivity index (χ2v) is 7.85. The molecule has 4 rings (SSSR count). The minimum Gasteiger partial charge on any atom is -0.495 e. The van der Waals surface area contributed by atoms with Crippen molar-refractivity contribution in [3.63, 3.8) is 0 Å². The van der Waals surface area contributed by atoms with Crippen LogP contribution in [0.3, 0.4) is 0 Å². The summed E-state index contributed by atoms with van der Waals surface area (Å²) in [5, 5.41) is 3.14. The van der Waals surface area contributed by atoms with Gasteiger partial charge < -0.3 is 20.6 Å². The molecule has 2 heterocycles. The summed E-state index contributed by atoms with van der Waals surface area (Å²) in [6.45, 7) is -0.830. The van der Waals surface area contributed by atoms with Crippen LogP contribution in [0.25, 0.3) is 0 Å². The van der Waals surface area contributed by atoms with Crippen LogP contribution in [0.2, 0.25) is 10.0 Å². The molecule has 1 aliphatic heterocycles. The molecule has 0 spiro atoms. The second kappa shape index (κ2) is 7.90. The molecule has 1 fully saturated rings. The lowest BCUT2D eigenvalue weighted by atomic mass is 9.86. The van der Waals surface area contributed by atoms with Crippen molar-refractivity contribution in [2.75, 3.05) is 19.1 Å². The summed E-state index contributed by atoms with van der Waals surface area (Å²) < 4.78 is 19.4. The summed E-state index contributed by atoms with van der Waals surface area (Å²) in [4.78, 5) is 26.1. The van der Waals surface area contributed by atoms with Gasteiger partial charge in [0.1, 0.15) is 23.7 Å². The standard InChI is InChI=1S/C19H18Cl2FN5O3/c1-29-10-5-14(21)16(24-7-10)17(28)25-9-2-3-13(20)11(4-9)19(8-22)12-6-15(12)27-30-18(23)26-19/h2-5,7,12,15,27H,6,8H2,1H3,(H2,23,26)(H,25,28)/t12-,15+,19+/m0/s1. The largest absolute Gasteiger partial charge is 0.495 e. The summed E-state index contributed by atoms with van der Waals surface area (Å²) in [7, 11) is 1.47. The number of pyridine rings is 1. The summed E-state index contributed by atoms with van der Waals surface area (Å²) in [6, 6.07) is 5.94. The Morgan fingerprint density at radius 3 is 2.93 bits per heavy atom. The Kier molecular flexibility index (Phi) is 5.44. The number of carbonyl (C=O) groups excluding carboxylic acids is 1. The fourth-order valence-corrected chi connectivity index (χ4v) is 4.10. The van der Waals surface area contributed by atoms with Crippen molar-refractivity contribution < 1.29 is 18.8 Å². The van der Waals surface area contributed by atoms with Crippen LogP contribution in [0, 0.1) is 5.92 Å². The molecular formula is C19H18Cl2FN5O3. The Balaban J connectivity index is 1.67. The zero-order chi connectivity index (χ0) is 21.5. The first-order valence-electron chi connectivity index (χ1n) is 9.02. The van der Waals surface area contributed by atoms with Crippen LogP contribution in [-0.2, 0) is 10.4 Å². The van der Waals surface area contributed by atoms with Crippen molar-refractivity contribution >= 4 is 40.8 Å². The van der Waals surface area contributed by atoms with Gasteiger partial charge in [-0.25, -0.2) is 14.4 Å². The van der Waals surface area contributed by atoms with E-state index in [1.165, 1.54) is 19.4 Å². The van der Waals surface area contributed by atoms with Crippen LogP contribution < -0.4 is 21.3 Å². The van der Waals surface area contributed by atoms with Crippen molar-refractivity contribution in [2.45, 2.75) is 18.0 Å². The number of anilines is 1. The monoisotopic (exact) mass is 453 g/mol. The number of hydroxylamine groups is 1. The first kappa shape index (κ1) is 20.6. The fourth-order valence-electron chi connectivity index (χ4n) is 3.58. The van der Waals surface area contributed by atoms with Gasteiger partial charge in [0.25, 0.3) is 5.91 Å². The number of amides is 1. The van der Waals surface area contributed by atoms with E-state index in [0.29, 0.717) is 28.4 Å². The molecule has 0 saturated heterocycles. The molecule has 4 N–H and O–H groups in total. The number of rotatable bonds is 5. The Hall–Kier alpha value is -2.62. The number of amidine groups is 1. The molecule has 1 aromatic carbocycles. The summed E-state index contributed by atoms with van der Waals surface area (Å²) in [6.07, 6.45) is 2.04. The van der Waals surface area contributed by atoms with Crippen LogP contribution in [0.5, 0.6) is 5.75 Å². The predicted molar refractivity (Wildman–Crippen MR) is 111 cm³/mol. The maximum Gasteiger partial charge on any atom is 0.303 e. The van der Waals surface area contributed by atoms with Gasteiger partial charge in [0.15, 0.2) is 0 Å². The highest BCUT2D eigenvalue weighted by Gasteiger charge is 2.57. The van der Waals surface area contributed by atoms with Crippen molar-refractivity contribution in [3.8, 4) is 5.75 Å². The summed E-state index contributed by atoms with van der Waals surface area (Å²) >= 11 is 12.5. The lowest BCUT2D eigenvalue weighted by Gasteiger charge is -2.28. The van der Waals surface area contributed by atoms with E-state index in [9.17, 15) is 9.18 Å². The number of nitrogens with one attached hydrogen (secondary N) is 2. The molecule has 11 heteroatoms. The number of ether oxygens (including phenoxy) is 1. The average molecular weight is 454 g/mol. The van der Waals surface area contributed by atoms with E-state index in [-0.39, 0.29) is 28.7 Å². The van der Waals surface area contributed by atoms with Crippen LogP contribution in [0.15, 0.2) is 35.5 Å². The van der Waals surface area contributed by atoms with Gasteiger partial charge in [0, 0.05) is 34.3 Å². The van der Waals surface area contributed by atoms with E-state index < -0.39 is 18.1 Å².